The molecule has 0 saturated carbocycles. The van der Waals surface area contributed by atoms with Crippen molar-refractivity contribution in [2.45, 2.75) is 13.1 Å². The Hall–Kier alpha value is -1.70. The van der Waals surface area contributed by atoms with Gasteiger partial charge in [0.05, 0.1) is 13.1 Å². The summed E-state index contributed by atoms with van der Waals surface area (Å²) in [5.41, 5.74) is 2.64. The predicted molar refractivity (Wildman–Crippen MR) is 56.2 cm³/mol. The van der Waals surface area contributed by atoms with Crippen molar-refractivity contribution in [2.24, 2.45) is 10.2 Å². The minimum absolute atomic E-state index is 0.736. The zero-order valence-corrected chi connectivity index (χ0v) is 7.77. The molecule has 0 saturated heterocycles. The van der Waals surface area contributed by atoms with Crippen molar-refractivity contribution in [1.29, 1.82) is 0 Å². The van der Waals surface area contributed by atoms with Crippen LogP contribution in [0.4, 0.5) is 0 Å². The zero-order chi connectivity index (χ0) is 9.38. The number of benzene rings is 2. The quantitative estimate of drug-likeness (QED) is 0.597. The molecule has 2 aromatic carbocycles. The van der Waals surface area contributed by atoms with Gasteiger partial charge >= 0.3 is 0 Å². The minimum atomic E-state index is 0.736. The molecule has 0 bridgehead atoms. The Morgan fingerprint density at radius 3 is 1.79 bits per heavy atom. The van der Waals surface area contributed by atoms with Gasteiger partial charge in [-0.25, -0.2) is 0 Å². The molecule has 2 nitrogen and oxygen atoms in total. The second-order valence-corrected chi connectivity index (χ2v) is 3.57. The first kappa shape index (κ1) is 7.68. The highest BCUT2D eigenvalue weighted by Gasteiger charge is 2.07. The van der Waals surface area contributed by atoms with Gasteiger partial charge in [-0.2, -0.15) is 10.2 Å². The first-order chi connectivity index (χ1) is 6.93. The van der Waals surface area contributed by atoms with Gasteiger partial charge in [0.1, 0.15) is 0 Å². The lowest BCUT2D eigenvalue weighted by molar-refractivity contribution is 0.792. The SMILES string of the molecule is c1ccc2cc3c(cc2c1)CN=NC3. The van der Waals surface area contributed by atoms with E-state index in [-0.39, 0.29) is 0 Å². The molecule has 2 aromatic rings. The summed E-state index contributed by atoms with van der Waals surface area (Å²) in [4.78, 5) is 0. The van der Waals surface area contributed by atoms with Gasteiger partial charge in [0.25, 0.3) is 0 Å². The fraction of sp³-hybridized carbons (Fsp3) is 0.167. The third-order valence-corrected chi connectivity index (χ3v) is 2.65. The van der Waals surface area contributed by atoms with Crippen molar-refractivity contribution >= 4 is 10.8 Å². The second kappa shape index (κ2) is 2.91. The fourth-order valence-corrected chi connectivity index (χ4v) is 1.88. The first-order valence-electron chi connectivity index (χ1n) is 4.77. The van der Waals surface area contributed by atoms with Crippen LogP contribution in [0.5, 0.6) is 0 Å². The lowest BCUT2D eigenvalue weighted by Gasteiger charge is -2.10. The van der Waals surface area contributed by atoms with E-state index in [1.807, 2.05) is 0 Å². The van der Waals surface area contributed by atoms with Crippen LogP contribution >= 0.6 is 0 Å². The van der Waals surface area contributed by atoms with E-state index in [1.54, 1.807) is 0 Å². The van der Waals surface area contributed by atoms with E-state index in [9.17, 15) is 0 Å². The van der Waals surface area contributed by atoms with Crippen molar-refractivity contribution in [1.82, 2.24) is 0 Å². The molecule has 0 atom stereocenters. The van der Waals surface area contributed by atoms with Gasteiger partial charge in [0, 0.05) is 0 Å². The molecule has 68 valence electrons. The molecule has 0 radical (unpaired) electrons. The molecule has 1 aliphatic heterocycles. The highest BCUT2D eigenvalue weighted by molar-refractivity contribution is 5.84. The maximum atomic E-state index is 4.05. The smallest absolute Gasteiger partial charge is 0.0853 e. The molecular formula is C12H10N2. The molecule has 1 aliphatic rings. The Labute approximate surface area is 82.3 Å². The largest absolute Gasteiger partial charge is 0.189 e. The van der Waals surface area contributed by atoms with E-state index < -0.39 is 0 Å². The van der Waals surface area contributed by atoms with Crippen LogP contribution in [0.1, 0.15) is 11.1 Å². The maximum absolute atomic E-state index is 4.05. The summed E-state index contributed by atoms with van der Waals surface area (Å²) in [5, 5.41) is 10.7. The minimum Gasteiger partial charge on any atom is -0.189 e. The van der Waals surface area contributed by atoms with Crippen LogP contribution in [-0.2, 0) is 13.1 Å². The number of hydrogen-bond donors (Lipinski definition) is 0. The van der Waals surface area contributed by atoms with Crippen LogP contribution < -0.4 is 0 Å². The molecule has 1 heterocycles. The van der Waals surface area contributed by atoms with Crippen LogP contribution in [0.25, 0.3) is 10.8 Å². The average Bonchev–Trinajstić information content (AvgIpc) is 2.26. The molecule has 0 N–H and O–H groups in total. The van der Waals surface area contributed by atoms with Crippen LogP contribution in [0, 0.1) is 0 Å². The van der Waals surface area contributed by atoms with Crippen LogP contribution in [0.15, 0.2) is 46.6 Å². The predicted octanol–water partition coefficient (Wildman–Crippen LogP) is 3.31. The normalized spacial score (nSPS) is 14.3. The van der Waals surface area contributed by atoms with Gasteiger partial charge in [-0.15, -0.1) is 0 Å². The lowest BCUT2D eigenvalue weighted by atomic mass is 10.0. The number of azo groups is 1. The molecule has 0 fully saturated rings. The molecule has 0 amide bonds. The molecule has 0 unspecified atom stereocenters. The third kappa shape index (κ3) is 1.11. The van der Waals surface area contributed by atoms with E-state index in [0.717, 1.165) is 13.1 Å². The average molecular weight is 182 g/mol. The van der Waals surface area contributed by atoms with Crippen molar-refractivity contribution in [3.63, 3.8) is 0 Å². The third-order valence-electron chi connectivity index (χ3n) is 2.65. The molecule has 2 heteroatoms. The van der Waals surface area contributed by atoms with Crippen molar-refractivity contribution < 1.29 is 0 Å². The van der Waals surface area contributed by atoms with Crippen molar-refractivity contribution in [3.8, 4) is 0 Å². The Bertz CT molecular complexity index is 468. The maximum Gasteiger partial charge on any atom is 0.0853 e. The molecule has 14 heavy (non-hydrogen) atoms. The summed E-state index contributed by atoms with van der Waals surface area (Å²) in [7, 11) is 0. The van der Waals surface area contributed by atoms with E-state index in [4.69, 9.17) is 0 Å². The zero-order valence-electron chi connectivity index (χ0n) is 7.77. The topological polar surface area (TPSA) is 24.7 Å². The molecule has 3 rings (SSSR count). The van der Waals surface area contributed by atoms with E-state index in [1.165, 1.54) is 21.9 Å². The Kier molecular flexibility index (Phi) is 1.60. The number of fused-ring (bicyclic) bond motifs is 2. The van der Waals surface area contributed by atoms with Crippen LogP contribution in [0.2, 0.25) is 0 Å². The highest BCUT2D eigenvalue weighted by atomic mass is 15.1. The Balaban J connectivity index is 2.30. The number of nitrogens with zero attached hydrogens (tertiary/aromatic N) is 2. The van der Waals surface area contributed by atoms with Gasteiger partial charge in [-0.05, 0) is 34.0 Å². The monoisotopic (exact) mass is 182 g/mol. The van der Waals surface area contributed by atoms with Gasteiger partial charge in [0.2, 0.25) is 0 Å². The van der Waals surface area contributed by atoms with Crippen molar-refractivity contribution in [2.75, 3.05) is 0 Å². The van der Waals surface area contributed by atoms with Crippen LogP contribution in [0.3, 0.4) is 0 Å². The summed E-state index contributed by atoms with van der Waals surface area (Å²) in [6.45, 7) is 1.47. The molecule has 0 aromatic heterocycles. The summed E-state index contributed by atoms with van der Waals surface area (Å²) in [5.74, 6) is 0. The standard InChI is InChI=1S/C12H10N2/c1-2-4-10-6-12-8-14-13-7-11(12)5-9(10)3-1/h1-6H,7-8H2. The Morgan fingerprint density at radius 1 is 0.786 bits per heavy atom. The van der Waals surface area contributed by atoms with E-state index in [0.29, 0.717) is 0 Å². The van der Waals surface area contributed by atoms with Crippen molar-refractivity contribution in [3.05, 3.63) is 47.5 Å². The van der Waals surface area contributed by atoms with E-state index >= 15 is 0 Å². The number of rotatable bonds is 0. The molecule has 0 aliphatic carbocycles. The van der Waals surface area contributed by atoms with E-state index in [2.05, 4.69) is 46.6 Å². The fourth-order valence-electron chi connectivity index (χ4n) is 1.88. The Morgan fingerprint density at radius 2 is 1.29 bits per heavy atom. The van der Waals surface area contributed by atoms with Gasteiger partial charge in [0.15, 0.2) is 0 Å². The lowest BCUT2D eigenvalue weighted by Crippen LogP contribution is -1.96. The highest BCUT2D eigenvalue weighted by Crippen LogP contribution is 2.23. The molecule has 0 spiro atoms. The number of hydrogen-bond acceptors (Lipinski definition) is 2. The summed E-state index contributed by atoms with van der Waals surface area (Å²) in [6, 6.07) is 12.9. The van der Waals surface area contributed by atoms with Gasteiger partial charge in [-0.1, -0.05) is 24.3 Å². The van der Waals surface area contributed by atoms with Gasteiger partial charge in [-0.3, -0.25) is 0 Å². The van der Waals surface area contributed by atoms with Crippen LogP contribution in [-0.4, -0.2) is 0 Å². The first-order valence-corrected chi connectivity index (χ1v) is 4.77. The molecular weight excluding hydrogens is 172 g/mol. The summed E-state index contributed by atoms with van der Waals surface area (Å²) in [6.07, 6.45) is 0. The summed E-state index contributed by atoms with van der Waals surface area (Å²) >= 11 is 0. The second-order valence-electron chi connectivity index (χ2n) is 3.57. The summed E-state index contributed by atoms with van der Waals surface area (Å²) < 4.78 is 0. The van der Waals surface area contributed by atoms with Gasteiger partial charge < -0.3 is 0 Å².